The molecule has 2 N–H and O–H groups in total. The van der Waals surface area contributed by atoms with Crippen LogP contribution >= 0.6 is 0 Å². The lowest BCUT2D eigenvalue weighted by molar-refractivity contribution is -0.136. The summed E-state index contributed by atoms with van der Waals surface area (Å²) >= 11 is 0. The maximum atomic E-state index is 10.5. The molecule has 2 heterocycles. The van der Waals surface area contributed by atoms with E-state index >= 15 is 0 Å². The first kappa shape index (κ1) is 8.25. The van der Waals surface area contributed by atoms with Gasteiger partial charge < -0.3 is 10.4 Å². The van der Waals surface area contributed by atoms with E-state index in [0.29, 0.717) is 5.69 Å². The first-order valence-electron chi connectivity index (χ1n) is 4.14. The number of aryl methyl sites for hydroxylation is 1. The van der Waals surface area contributed by atoms with E-state index in [0.717, 1.165) is 24.3 Å². The highest BCUT2D eigenvalue weighted by Crippen LogP contribution is 2.18. The van der Waals surface area contributed by atoms with Crippen LogP contribution in [0.4, 0.5) is 0 Å². The van der Waals surface area contributed by atoms with Gasteiger partial charge in [-0.3, -0.25) is 9.48 Å². The molecule has 0 aliphatic carbocycles. The SMILES string of the molecule is Cn1nc(CC(=O)O)c2c1CNC2. The number of carboxylic acid groups (broad SMARTS) is 1. The molecule has 1 aromatic heterocycles. The number of hydrogen-bond donors (Lipinski definition) is 2. The zero-order chi connectivity index (χ0) is 9.42. The van der Waals surface area contributed by atoms with E-state index in [1.54, 1.807) is 4.68 Å². The van der Waals surface area contributed by atoms with Crippen LogP contribution in [0.25, 0.3) is 0 Å². The lowest BCUT2D eigenvalue weighted by atomic mass is 10.2. The van der Waals surface area contributed by atoms with Crippen molar-refractivity contribution < 1.29 is 9.90 Å². The van der Waals surface area contributed by atoms with E-state index in [2.05, 4.69) is 10.4 Å². The predicted molar refractivity (Wildman–Crippen MR) is 45.1 cm³/mol. The van der Waals surface area contributed by atoms with E-state index in [1.165, 1.54) is 0 Å². The number of carbonyl (C=O) groups is 1. The normalized spacial score (nSPS) is 14.5. The molecular weight excluding hydrogens is 170 g/mol. The summed E-state index contributed by atoms with van der Waals surface area (Å²) in [6, 6.07) is 0. The molecule has 1 aromatic rings. The monoisotopic (exact) mass is 181 g/mol. The van der Waals surface area contributed by atoms with Crippen LogP contribution in [-0.4, -0.2) is 20.9 Å². The zero-order valence-electron chi connectivity index (χ0n) is 7.37. The molecule has 0 bridgehead atoms. The van der Waals surface area contributed by atoms with Crippen LogP contribution in [0.1, 0.15) is 17.0 Å². The Hall–Kier alpha value is -1.36. The zero-order valence-corrected chi connectivity index (χ0v) is 7.37. The molecule has 5 heteroatoms. The Morgan fingerprint density at radius 2 is 2.46 bits per heavy atom. The van der Waals surface area contributed by atoms with Crippen molar-refractivity contribution in [2.75, 3.05) is 0 Å². The number of nitrogens with one attached hydrogen (secondary N) is 1. The molecule has 0 saturated heterocycles. The van der Waals surface area contributed by atoms with Gasteiger partial charge in [-0.2, -0.15) is 5.10 Å². The lowest BCUT2D eigenvalue weighted by Crippen LogP contribution is -2.09. The Bertz CT molecular complexity index is 357. The molecule has 0 saturated carbocycles. The third-order valence-corrected chi connectivity index (χ3v) is 2.27. The Morgan fingerprint density at radius 1 is 1.69 bits per heavy atom. The minimum Gasteiger partial charge on any atom is -0.481 e. The number of aliphatic carboxylic acids is 1. The third kappa shape index (κ3) is 1.31. The van der Waals surface area contributed by atoms with Crippen LogP contribution in [0.3, 0.4) is 0 Å². The highest BCUT2D eigenvalue weighted by atomic mass is 16.4. The quantitative estimate of drug-likeness (QED) is 0.654. The lowest BCUT2D eigenvalue weighted by Gasteiger charge is -1.95. The second-order valence-corrected chi connectivity index (χ2v) is 3.17. The van der Waals surface area contributed by atoms with E-state index in [4.69, 9.17) is 5.11 Å². The van der Waals surface area contributed by atoms with Gasteiger partial charge in [0.2, 0.25) is 0 Å². The fraction of sp³-hybridized carbons (Fsp3) is 0.500. The van der Waals surface area contributed by atoms with Gasteiger partial charge in [-0.25, -0.2) is 0 Å². The first-order chi connectivity index (χ1) is 6.18. The summed E-state index contributed by atoms with van der Waals surface area (Å²) in [6.07, 6.45) is 0.0187. The fourth-order valence-corrected chi connectivity index (χ4v) is 1.68. The number of nitrogens with zero attached hydrogens (tertiary/aromatic N) is 2. The predicted octanol–water partition coefficient (Wildman–Crippen LogP) is -0.350. The molecule has 1 aliphatic rings. The summed E-state index contributed by atoms with van der Waals surface area (Å²) in [7, 11) is 1.84. The fourth-order valence-electron chi connectivity index (χ4n) is 1.68. The molecule has 70 valence electrons. The molecule has 0 atom stereocenters. The molecule has 13 heavy (non-hydrogen) atoms. The molecule has 0 fully saturated rings. The van der Waals surface area contributed by atoms with Gasteiger partial charge in [0.25, 0.3) is 0 Å². The summed E-state index contributed by atoms with van der Waals surface area (Å²) in [5, 5.41) is 16.0. The van der Waals surface area contributed by atoms with Crippen molar-refractivity contribution in [3.05, 3.63) is 17.0 Å². The van der Waals surface area contributed by atoms with E-state index in [-0.39, 0.29) is 6.42 Å². The minimum atomic E-state index is -0.826. The second kappa shape index (κ2) is 2.85. The molecule has 0 aromatic carbocycles. The van der Waals surface area contributed by atoms with Crippen LogP contribution < -0.4 is 5.32 Å². The summed E-state index contributed by atoms with van der Waals surface area (Å²) in [5.74, 6) is -0.826. The average molecular weight is 181 g/mol. The molecular formula is C8H11N3O2. The largest absolute Gasteiger partial charge is 0.481 e. The van der Waals surface area contributed by atoms with Crippen molar-refractivity contribution in [3.63, 3.8) is 0 Å². The minimum absolute atomic E-state index is 0.0187. The Morgan fingerprint density at radius 3 is 3.15 bits per heavy atom. The van der Waals surface area contributed by atoms with Crippen LogP contribution in [0.2, 0.25) is 0 Å². The molecule has 5 nitrogen and oxygen atoms in total. The maximum Gasteiger partial charge on any atom is 0.309 e. The first-order valence-corrected chi connectivity index (χ1v) is 4.14. The number of carboxylic acids is 1. The standard InChI is InChI=1S/C8H11N3O2/c1-11-7-4-9-3-5(7)6(10-11)2-8(12)13/h9H,2-4H2,1H3,(H,12,13). The smallest absolute Gasteiger partial charge is 0.309 e. The number of hydrogen-bond acceptors (Lipinski definition) is 3. The highest BCUT2D eigenvalue weighted by molar-refractivity contribution is 5.70. The number of aromatic nitrogens is 2. The summed E-state index contributed by atoms with van der Waals surface area (Å²) < 4.78 is 1.76. The van der Waals surface area contributed by atoms with Gasteiger partial charge in [0, 0.05) is 25.7 Å². The maximum absolute atomic E-state index is 10.5. The highest BCUT2D eigenvalue weighted by Gasteiger charge is 2.21. The van der Waals surface area contributed by atoms with E-state index in [1.807, 2.05) is 7.05 Å². The van der Waals surface area contributed by atoms with Gasteiger partial charge in [0.1, 0.15) is 0 Å². The summed E-state index contributed by atoms with van der Waals surface area (Å²) in [6.45, 7) is 1.53. The average Bonchev–Trinajstić information content (AvgIpc) is 2.56. The molecule has 1 aliphatic heterocycles. The van der Waals surface area contributed by atoms with Crippen molar-refractivity contribution in [1.29, 1.82) is 0 Å². The van der Waals surface area contributed by atoms with Crippen LogP contribution in [0.5, 0.6) is 0 Å². The van der Waals surface area contributed by atoms with E-state index in [9.17, 15) is 4.79 Å². The van der Waals surface area contributed by atoms with Crippen LogP contribution in [0, 0.1) is 0 Å². The molecule has 0 unspecified atom stereocenters. The van der Waals surface area contributed by atoms with Crippen molar-refractivity contribution in [1.82, 2.24) is 15.1 Å². The Kier molecular flexibility index (Phi) is 1.81. The van der Waals surface area contributed by atoms with Gasteiger partial charge in [-0.15, -0.1) is 0 Å². The van der Waals surface area contributed by atoms with Crippen molar-refractivity contribution in [2.24, 2.45) is 7.05 Å². The topological polar surface area (TPSA) is 67.2 Å². The van der Waals surface area contributed by atoms with Crippen molar-refractivity contribution in [2.45, 2.75) is 19.5 Å². The molecule has 2 rings (SSSR count). The van der Waals surface area contributed by atoms with Gasteiger partial charge >= 0.3 is 5.97 Å². The summed E-state index contributed by atoms with van der Waals surface area (Å²) in [5.41, 5.74) is 2.86. The Balaban J connectivity index is 2.36. The van der Waals surface area contributed by atoms with Crippen molar-refractivity contribution >= 4 is 5.97 Å². The molecule has 0 radical (unpaired) electrons. The molecule has 0 amide bonds. The van der Waals surface area contributed by atoms with Gasteiger partial charge in [-0.1, -0.05) is 0 Å². The van der Waals surface area contributed by atoms with Crippen molar-refractivity contribution in [3.8, 4) is 0 Å². The van der Waals surface area contributed by atoms with Crippen LogP contribution in [-0.2, 0) is 31.4 Å². The summed E-state index contributed by atoms with van der Waals surface area (Å²) in [4.78, 5) is 10.5. The van der Waals surface area contributed by atoms with Gasteiger partial charge in [-0.05, 0) is 0 Å². The van der Waals surface area contributed by atoms with Crippen LogP contribution in [0.15, 0.2) is 0 Å². The molecule has 0 spiro atoms. The van der Waals surface area contributed by atoms with E-state index < -0.39 is 5.97 Å². The second-order valence-electron chi connectivity index (χ2n) is 3.17. The number of fused-ring (bicyclic) bond motifs is 1. The number of rotatable bonds is 2. The Labute approximate surface area is 75.4 Å². The van der Waals surface area contributed by atoms with Gasteiger partial charge in [0.05, 0.1) is 17.8 Å². The third-order valence-electron chi connectivity index (χ3n) is 2.27. The van der Waals surface area contributed by atoms with Gasteiger partial charge in [0.15, 0.2) is 0 Å².